The molecule has 7 rings (SSSR count). The molecular weight excluding hydrogens is 816 g/mol. The molecule has 8 N–H and O–H groups in total. The summed E-state index contributed by atoms with van der Waals surface area (Å²) in [5, 5.41) is 83.4. The Balaban J connectivity index is 1.19. The van der Waals surface area contributed by atoms with E-state index in [1.807, 2.05) is 13.8 Å². The number of ketones is 1. The normalized spacial score (nSPS) is 51.0. The lowest BCUT2D eigenvalue weighted by atomic mass is 9.33. The minimum Gasteiger partial charge on any atom is -0.481 e. The number of allylic oxidation sites excluding steroid dienone is 2. The van der Waals surface area contributed by atoms with Crippen LogP contribution in [0.15, 0.2) is 11.6 Å². The van der Waals surface area contributed by atoms with Gasteiger partial charge in [0.25, 0.3) is 0 Å². The van der Waals surface area contributed by atoms with Gasteiger partial charge in [-0.25, -0.2) is 9.59 Å². The zero-order valence-corrected chi connectivity index (χ0v) is 36.6. The van der Waals surface area contributed by atoms with Gasteiger partial charge in [0.1, 0.15) is 42.7 Å². The second kappa shape index (κ2) is 15.5. The number of hydrogen-bond acceptors (Lipinski definition) is 15. The average Bonchev–Trinajstić information content (AvgIpc) is 3.16. The van der Waals surface area contributed by atoms with Crippen LogP contribution in [0.2, 0.25) is 0 Å². The molecule has 2 heterocycles. The Hall–Kier alpha value is -3.07. The molecule has 0 spiro atoms. The van der Waals surface area contributed by atoms with Crippen molar-refractivity contribution >= 4 is 29.7 Å². The number of aliphatic hydroxyl groups is 5. The fourth-order valence-corrected chi connectivity index (χ4v) is 13.8. The van der Waals surface area contributed by atoms with Gasteiger partial charge in [-0.15, -0.1) is 0 Å². The molecule has 0 aromatic heterocycles. The van der Waals surface area contributed by atoms with Crippen LogP contribution in [0.25, 0.3) is 0 Å². The van der Waals surface area contributed by atoms with E-state index in [0.29, 0.717) is 44.9 Å². The van der Waals surface area contributed by atoms with Crippen LogP contribution < -0.4 is 0 Å². The smallest absolute Gasteiger partial charge is 0.335 e. The van der Waals surface area contributed by atoms with Crippen molar-refractivity contribution in [3.05, 3.63) is 11.6 Å². The first-order valence-corrected chi connectivity index (χ1v) is 21.7. The molecule has 4 saturated carbocycles. The minimum atomic E-state index is -2.07. The Bertz CT molecular complexity index is 1880. The Morgan fingerprint density at radius 3 is 1.85 bits per heavy atom. The molecule has 0 bridgehead atoms. The predicted molar refractivity (Wildman–Crippen MR) is 210 cm³/mol. The van der Waals surface area contributed by atoms with Crippen molar-refractivity contribution in [1.29, 1.82) is 0 Å². The SMILES string of the molecule is CC(=O)O[C@@H]1C[C@](C)(C(=O)O)C[C@@H]2C3=CC(=O)[C@@H]4[C@@]5(C)CC[C@H](O[C@@H]6O[C@H](C(=O)O)[C@@H](O)[C@H](O)[C@H]6O[C@@H]6O[C@H](C(=O)O)[C@H](O)[C@H](O)[C@H]6O)C(C)(C)[C@@H]5CC[C@@]4(C)[C@]3(C)CC[C@]21C. The number of carbonyl (C=O) groups is 5. The number of carbonyl (C=O) groups excluding carboxylic acids is 2. The fourth-order valence-electron chi connectivity index (χ4n) is 13.8. The van der Waals surface area contributed by atoms with Crippen LogP contribution in [0.3, 0.4) is 0 Å². The molecule has 18 heteroatoms. The third kappa shape index (κ3) is 6.88. The molecule has 6 fully saturated rings. The first-order chi connectivity index (χ1) is 28.6. The van der Waals surface area contributed by atoms with Crippen LogP contribution in [0.4, 0.5) is 0 Å². The van der Waals surface area contributed by atoms with Crippen molar-refractivity contribution in [2.24, 2.45) is 50.2 Å². The lowest BCUT2D eigenvalue weighted by molar-refractivity contribution is -0.371. The number of esters is 1. The van der Waals surface area contributed by atoms with Crippen molar-refractivity contribution in [2.75, 3.05) is 0 Å². The standard InChI is InChI=1S/C44H64O18/c1-18(45)58-24-17-40(4,38(56)57)16-20-19-15-21(46)33-42(6)11-10-23(39(2,3)22(42)9-12-44(33,8)43(19,7)14-13-41(20,24)5)59-37-32(28(50)27(49)31(61-37)35(54)55)62-36-29(51)25(47)26(48)30(60-36)34(52)53/h15,20,22-33,36-37,47-51H,9-14,16-17H2,1-8H3,(H,52,53)(H,54,55)(H,56,57)/t20-,22+,23+,24-,25+,26-,27+,28+,29-,30+,31+,32-,33-,36+,37-,40-,41-,42+,43-,44-/m1/s1. The van der Waals surface area contributed by atoms with E-state index in [2.05, 4.69) is 27.7 Å². The average molecular weight is 881 g/mol. The van der Waals surface area contributed by atoms with Gasteiger partial charge in [0.2, 0.25) is 0 Å². The summed E-state index contributed by atoms with van der Waals surface area (Å²) in [6.07, 6.45) is -15.5. The fraction of sp³-hybridized carbons (Fsp3) is 0.841. The van der Waals surface area contributed by atoms with Crippen LogP contribution in [-0.4, -0.2) is 144 Å². The number of carboxylic acids is 3. The lowest BCUT2D eigenvalue weighted by Gasteiger charge is -2.71. The van der Waals surface area contributed by atoms with Crippen LogP contribution in [-0.2, 0) is 47.7 Å². The number of rotatable bonds is 8. The van der Waals surface area contributed by atoms with Gasteiger partial charge in [-0.1, -0.05) is 47.1 Å². The molecule has 20 atom stereocenters. The number of ether oxygens (including phenoxy) is 5. The molecule has 5 aliphatic carbocycles. The van der Waals surface area contributed by atoms with Crippen molar-refractivity contribution in [2.45, 2.75) is 180 Å². The van der Waals surface area contributed by atoms with Gasteiger partial charge in [0, 0.05) is 24.7 Å². The summed E-state index contributed by atoms with van der Waals surface area (Å²) in [6.45, 7) is 15.6. The molecule has 2 saturated heterocycles. The van der Waals surface area contributed by atoms with Crippen LogP contribution in [0, 0.1) is 50.2 Å². The van der Waals surface area contributed by atoms with Gasteiger partial charge in [-0.2, -0.15) is 0 Å². The minimum absolute atomic E-state index is 0.0401. The highest BCUT2D eigenvalue weighted by Gasteiger charge is 2.72. The summed E-state index contributed by atoms with van der Waals surface area (Å²) in [5.74, 6) is -5.74. The first-order valence-electron chi connectivity index (χ1n) is 21.7. The van der Waals surface area contributed by atoms with E-state index >= 15 is 4.79 Å². The molecule has 0 amide bonds. The topological polar surface area (TPSA) is 293 Å². The van der Waals surface area contributed by atoms with E-state index in [0.717, 1.165) is 5.57 Å². The number of hydrogen-bond donors (Lipinski definition) is 8. The number of aliphatic hydroxyl groups excluding tert-OH is 5. The summed E-state index contributed by atoms with van der Waals surface area (Å²) in [6, 6.07) is 0. The Morgan fingerprint density at radius 1 is 0.677 bits per heavy atom. The van der Waals surface area contributed by atoms with E-state index < -0.39 is 136 Å². The molecule has 0 aromatic carbocycles. The van der Waals surface area contributed by atoms with Gasteiger partial charge in [-0.3, -0.25) is 14.4 Å². The Kier molecular flexibility index (Phi) is 11.8. The third-order valence-corrected chi connectivity index (χ3v) is 17.6. The summed E-state index contributed by atoms with van der Waals surface area (Å²) >= 11 is 0. The number of carboxylic acid groups (broad SMARTS) is 3. The highest BCUT2D eigenvalue weighted by atomic mass is 16.8. The van der Waals surface area contributed by atoms with E-state index in [1.165, 1.54) is 6.92 Å². The molecule has 18 nitrogen and oxygen atoms in total. The van der Waals surface area contributed by atoms with E-state index in [-0.39, 0.29) is 24.0 Å². The van der Waals surface area contributed by atoms with Gasteiger partial charge in [0.05, 0.1) is 11.5 Å². The third-order valence-electron chi connectivity index (χ3n) is 17.6. The Labute approximate surface area is 359 Å². The molecule has 0 aromatic rings. The van der Waals surface area contributed by atoms with Crippen molar-refractivity contribution in [3.8, 4) is 0 Å². The van der Waals surface area contributed by atoms with Crippen molar-refractivity contribution < 1.29 is 88.5 Å². The summed E-state index contributed by atoms with van der Waals surface area (Å²) in [7, 11) is 0. The summed E-state index contributed by atoms with van der Waals surface area (Å²) < 4.78 is 29.3. The van der Waals surface area contributed by atoms with Gasteiger partial charge in [0.15, 0.2) is 30.6 Å². The molecule has 0 radical (unpaired) electrons. The molecular formula is C44H64O18. The molecule has 62 heavy (non-hydrogen) atoms. The van der Waals surface area contributed by atoms with Crippen LogP contribution in [0.1, 0.15) is 107 Å². The highest BCUT2D eigenvalue weighted by Crippen LogP contribution is 2.75. The lowest BCUT2D eigenvalue weighted by Crippen LogP contribution is -2.68. The largest absolute Gasteiger partial charge is 0.481 e. The van der Waals surface area contributed by atoms with Crippen molar-refractivity contribution in [3.63, 3.8) is 0 Å². The van der Waals surface area contributed by atoms with Gasteiger partial charge >= 0.3 is 23.9 Å². The Morgan fingerprint density at radius 2 is 1.27 bits per heavy atom. The number of fused-ring (bicyclic) bond motifs is 7. The molecule has 348 valence electrons. The van der Waals surface area contributed by atoms with Crippen LogP contribution >= 0.6 is 0 Å². The summed E-state index contributed by atoms with van der Waals surface area (Å²) in [5.41, 5.74) is -3.24. The molecule has 0 unspecified atom stereocenters. The monoisotopic (exact) mass is 880 g/mol. The zero-order valence-electron chi connectivity index (χ0n) is 36.6. The van der Waals surface area contributed by atoms with Crippen LogP contribution in [0.5, 0.6) is 0 Å². The van der Waals surface area contributed by atoms with E-state index in [1.54, 1.807) is 13.0 Å². The quantitative estimate of drug-likeness (QED) is 0.127. The van der Waals surface area contributed by atoms with Gasteiger partial charge < -0.3 is 64.5 Å². The zero-order chi connectivity index (χ0) is 46.0. The highest BCUT2D eigenvalue weighted by molar-refractivity contribution is 5.95. The van der Waals surface area contributed by atoms with Gasteiger partial charge in [-0.05, 0) is 91.4 Å². The second-order valence-electron chi connectivity index (χ2n) is 21.3. The predicted octanol–water partition coefficient (Wildman–Crippen LogP) is 1.79. The van der Waals surface area contributed by atoms with E-state index in [9.17, 15) is 60.0 Å². The maximum atomic E-state index is 15.0. The maximum Gasteiger partial charge on any atom is 0.335 e. The second-order valence-corrected chi connectivity index (χ2v) is 21.3. The van der Waals surface area contributed by atoms with E-state index in [4.69, 9.17) is 23.7 Å². The number of aliphatic carboxylic acids is 3. The molecule has 2 aliphatic heterocycles. The summed E-state index contributed by atoms with van der Waals surface area (Å²) in [4.78, 5) is 64.2. The molecule has 7 aliphatic rings. The van der Waals surface area contributed by atoms with Crippen molar-refractivity contribution in [1.82, 2.24) is 0 Å². The first kappa shape index (κ1) is 46.9. The maximum absolute atomic E-state index is 15.0.